The minimum atomic E-state index is -0.358. The number of amides is 1. The average Bonchev–Trinajstić information content (AvgIpc) is 3.40. The molecule has 136 valence electrons. The Morgan fingerprint density at radius 1 is 1.04 bits per heavy atom. The third kappa shape index (κ3) is 3.92. The Balaban J connectivity index is 1.39. The molecule has 4 rings (SSSR count). The van der Waals surface area contributed by atoms with Crippen LogP contribution in [-0.4, -0.2) is 40.2 Å². The summed E-state index contributed by atoms with van der Waals surface area (Å²) in [6.07, 6.45) is 6.83. The molecule has 1 N–H and O–H groups in total. The minimum absolute atomic E-state index is 0.246. The van der Waals surface area contributed by atoms with Crippen molar-refractivity contribution in [3.8, 4) is 0 Å². The maximum absolute atomic E-state index is 12.4. The highest BCUT2D eigenvalue weighted by Gasteiger charge is 2.13. The van der Waals surface area contributed by atoms with Gasteiger partial charge in [0.05, 0.1) is 6.54 Å². The first-order valence-corrected chi connectivity index (χ1v) is 8.43. The molecule has 3 heterocycles. The van der Waals surface area contributed by atoms with Crippen LogP contribution in [0.3, 0.4) is 0 Å². The van der Waals surface area contributed by atoms with Crippen LogP contribution >= 0.6 is 0 Å². The maximum Gasteiger partial charge on any atom is 0.278 e. The Kier molecular flexibility index (Phi) is 4.48. The summed E-state index contributed by atoms with van der Waals surface area (Å²) in [5, 5.41) is 15.3. The van der Waals surface area contributed by atoms with Crippen molar-refractivity contribution in [1.29, 1.82) is 0 Å². The molecule has 0 saturated heterocycles. The molecule has 0 bridgehead atoms. The number of anilines is 1. The molecule has 27 heavy (non-hydrogen) atoms. The molecule has 9 heteroatoms. The first-order chi connectivity index (χ1) is 13.2. The van der Waals surface area contributed by atoms with Gasteiger partial charge in [0.15, 0.2) is 5.69 Å². The number of carbonyl (C=O) groups is 1. The maximum atomic E-state index is 12.4. The van der Waals surface area contributed by atoms with Gasteiger partial charge in [-0.2, -0.15) is 10.2 Å². The molecule has 9 nitrogen and oxygen atoms in total. The number of nitrogens with zero attached hydrogens (tertiary/aromatic N) is 7. The molecule has 0 atom stereocenters. The van der Waals surface area contributed by atoms with Crippen LogP contribution in [-0.2, 0) is 13.2 Å². The third-order valence-electron chi connectivity index (χ3n) is 4.08. The van der Waals surface area contributed by atoms with Gasteiger partial charge in [0, 0.05) is 18.6 Å². The number of benzene rings is 1. The van der Waals surface area contributed by atoms with Crippen molar-refractivity contribution in [2.45, 2.75) is 20.1 Å². The van der Waals surface area contributed by atoms with Crippen molar-refractivity contribution in [3.63, 3.8) is 0 Å². The number of hydrogen-bond acceptors (Lipinski definition) is 5. The highest BCUT2D eigenvalue weighted by molar-refractivity contribution is 6.01. The van der Waals surface area contributed by atoms with Crippen molar-refractivity contribution in [3.05, 3.63) is 78.1 Å². The molecular formula is C18H18N8O. The summed E-state index contributed by atoms with van der Waals surface area (Å²) in [6, 6.07) is 11.5. The zero-order valence-corrected chi connectivity index (χ0v) is 14.7. The molecule has 0 aliphatic carbocycles. The van der Waals surface area contributed by atoms with E-state index in [4.69, 9.17) is 0 Å². The minimum Gasteiger partial charge on any atom is -0.288 e. The van der Waals surface area contributed by atoms with Crippen LogP contribution in [0, 0.1) is 6.92 Å². The zero-order chi connectivity index (χ0) is 18.6. The van der Waals surface area contributed by atoms with Gasteiger partial charge in [0.25, 0.3) is 5.91 Å². The first kappa shape index (κ1) is 16.7. The van der Waals surface area contributed by atoms with Gasteiger partial charge in [-0.3, -0.25) is 19.5 Å². The second-order valence-corrected chi connectivity index (χ2v) is 6.07. The molecule has 3 aromatic heterocycles. The number of hydrogen-bond donors (Lipinski definition) is 1. The molecule has 1 aromatic carbocycles. The molecule has 0 saturated carbocycles. The van der Waals surface area contributed by atoms with Crippen molar-refractivity contribution in [2.24, 2.45) is 0 Å². The fourth-order valence-corrected chi connectivity index (χ4v) is 2.65. The van der Waals surface area contributed by atoms with Gasteiger partial charge in [0.2, 0.25) is 5.95 Å². The van der Waals surface area contributed by atoms with Crippen molar-refractivity contribution < 1.29 is 4.79 Å². The predicted octanol–water partition coefficient (Wildman–Crippen LogP) is 1.79. The van der Waals surface area contributed by atoms with Crippen LogP contribution in [0.1, 0.15) is 21.6 Å². The molecule has 0 radical (unpaired) electrons. The van der Waals surface area contributed by atoms with E-state index in [1.54, 1.807) is 38.8 Å². The van der Waals surface area contributed by atoms with Crippen molar-refractivity contribution >= 4 is 11.9 Å². The Morgan fingerprint density at radius 2 is 1.93 bits per heavy atom. The molecular weight excluding hydrogens is 344 g/mol. The molecule has 0 spiro atoms. The number of aryl methyl sites for hydroxylation is 1. The largest absolute Gasteiger partial charge is 0.288 e. The van der Waals surface area contributed by atoms with E-state index in [0.29, 0.717) is 13.2 Å². The Hall–Kier alpha value is -3.75. The molecule has 0 aliphatic heterocycles. The van der Waals surface area contributed by atoms with E-state index < -0.39 is 0 Å². The van der Waals surface area contributed by atoms with Gasteiger partial charge >= 0.3 is 0 Å². The smallest absolute Gasteiger partial charge is 0.278 e. The molecule has 0 fully saturated rings. The van der Waals surface area contributed by atoms with Gasteiger partial charge in [-0.25, -0.2) is 9.67 Å². The van der Waals surface area contributed by atoms with E-state index >= 15 is 0 Å². The van der Waals surface area contributed by atoms with Gasteiger partial charge in [-0.15, -0.1) is 5.10 Å². The van der Waals surface area contributed by atoms with E-state index in [9.17, 15) is 4.79 Å². The summed E-state index contributed by atoms with van der Waals surface area (Å²) in [4.78, 5) is 16.5. The fraction of sp³-hybridized carbons (Fsp3) is 0.167. The summed E-state index contributed by atoms with van der Waals surface area (Å²) in [5.41, 5.74) is 2.62. The second-order valence-electron chi connectivity index (χ2n) is 6.07. The number of aromatic nitrogens is 7. The first-order valence-electron chi connectivity index (χ1n) is 8.43. The van der Waals surface area contributed by atoms with Gasteiger partial charge in [0.1, 0.15) is 13.0 Å². The molecule has 1 amide bonds. The second kappa shape index (κ2) is 7.24. The summed E-state index contributed by atoms with van der Waals surface area (Å²) >= 11 is 0. The Morgan fingerprint density at radius 3 is 2.74 bits per heavy atom. The van der Waals surface area contributed by atoms with E-state index in [2.05, 4.69) is 38.6 Å². The SMILES string of the molecule is Cc1ccccc1Cn1cnc(NC(=O)c2ccn(Cn3cccn3)n2)n1. The quantitative estimate of drug-likeness (QED) is 0.564. The topological polar surface area (TPSA) is 95.5 Å². The number of carbonyl (C=O) groups excluding carboxylic acids is 1. The average molecular weight is 362 g/mol. The highest BCUT2D eigenvalue weighted by Crippen LogP contribution is 2.09. The normalized spacial score (nSPS) is 10.9. The van der Waals surface area contributed by atoms with Gasteiger partial charge in [-0.05, 0) is 30.2 Å². The van der Waals surface area contributed by atoms with E-state index in [0.717, 1.165) is 5.56 Å². The molecule has 0 unspecified atom stereocenters. The van der Waals surface area contributed by atoms with Gasteiger partial charge in [-0.1, -0.05) is 24.3 Å². The lowest BCUT2D eigenvalue weighted by Crippen LogP contribution is -2.16. The summed E-state index contributed by atoms with van der Waals surface area (Å²) < 4.78 is 5.03. The van der Waals surface area contributed by atoms with Crippen molar-refractivity contribution in [1.82, 2.24) is 34.3 Å². The highest BCUT2D eigenvalue weighted by atomic mass is 16.2. The van der Waals surface area contributed by atoms with E-state index in [-0.39, 0.29) is 17.5 Å². The third-order valence-corrected chi connectivity index (χ3v) is 4.08. The van der Waals surface area contributed by atoms with Crippen LogP contribution in [0.5, 0.6) is 0 Å². The standard InChI is InChI=1S/C18H18N8O/c1-14-5-2-3-6-15(14)11-26-12-19-18(23-26)21-17(27)16-7-10-25(22-16)13-24-9-4-8-20-24/h2-10,12H,11,13H2,1H3,(H,21,23,27). The fourth-order valence-electron chi connectivity index (χ4n) is 2.65. The van der Waals surface area contributed by atoms with Crippen LogP contribution in [0.25, 0.3) is 0 Å². The van der Waals surface area contributed by atoms with Crippen LogP contribution < -0.4 is 5.32 Å². The lowest BCUT2D eigenvalue weighted by atomic mass is 10.1. The number of nitrogens with one attached hydrogen (secondary N) is 1. The van der Waals surface area contributed by atoms with Crippen LogP contribution in [0.2, 0.25) is 0 Å². The Bertz CT molecular complexity index is 1050. The lowest BCUT2D eigenvalue weighted by Gasteiger charge is -2.04. The summed E-state index contributed by atoms with van der Waals surface area (Å²) in [7, 11) is 0. The van der Waals surface area contributed by atoms with E-state index in [1.807, 2.05) is 30.5 Å². The summed E-state index contributed by atoms with van der Waals surface area (Å²) in [5.74, 6) is -0.113. The number of rotatable bonds is 6. The monoisotopic (exact) mass is 362 g/mol. The van der Waals surface area contributed by atoms with Gasteiger partial charge < -0.3 is 0 Å². The lowest BCUT2D eigenvalue weighted by molar-refractivity contribution is 0.102. The van der Waals surface area contributed by atoms with Crippen molar-refractivity contribution in [2.75, 3.05) is 5.32 Å². The predicted molar refractivity (Wildman–Crippen MR) is 98.1 cm³/mol. The Labute approximate surface area is 155 Å². The molecule has 4 aromatic rings. The van der Waals surface area contributed by atoms with Crippen LogP contribution in [0.4, 0.5) is 5.95 Å². The molecule has 0 aliphatic rings. The van der Waals surface area contributed by atoms with Crippen LogP contribution in [0.15, 0.2) is 61.3 Å². The van der Waals surface area contributed by atoms with E-state index in [1.165, 1.54) is 5.56 Å². The summed E-state index contributed by atoms with van der Waals surface area (Å²) in [6.45, 7) is 3.08. The zero-order valence-electron chi connectivity index (χ0n) is 14.7.